The summed E-state index contributed by atoms with van der Waals surface area (Å²) < 4.78 is 32.2. The van der Waals surface area contributed by atoms with Gasteiger partial charge in [-0.25, -0.2) is 8.42 Å². The van der Waals surface area contributed by atoms with Crippen LogP contribution in [0.2, 0.25) is 0 Å². The van der Waals surface area contributed by atoms with E-state index in [-0.39, 0.29) is 15.4 Å². The van der Waals surface area contributed by atoms with Crippen LogP contribution in [0, 0.1) is 0 Å². The van der Waals surface area contributed by atoms with Crippen molar-refractivity contribution in [2.45, 2.75) is 29.7 Å². The molecule has 1 aromatic heterocycles. The molecule has 1 aromatic rings. The summed E-state index contributed by atoms with van der Waals surface area (Å²) in [5.74, 6) is 0.594. The van der Waals surface area contributed by atoms with Gasteiger partial charge in [-0.3, -0.25) is 0 Å². The van der Waals surface area contributed by atoms with Crippen molar-refractivity contribution in [3.8, 4) is 0 Å². The van der Waals surface area contributed by atoms with E-state index in [0.29, 0.717) is 24.9 Å². The summed E-state index contributed by atoms with van der Waals surface area (Å²) in [5, 5.41) is 0. The minimum atomic E-state index is -3.52. The van der Waals surface area contributed by atoms with Gasteiger partial charge in [0.2, 0.25) is 10.0 Å². The zero-order chi connectivity index (χ0) is 14.9. The second kappa shape index (κ2) is 6.36. The van der Waals surface area contributed by atoms with Gasteiger partial charge in [0.25, 0.3) is 0 Å². The smallest absolute Gasteiger partial charge is 0.247 e. The van der Waals surface area contributed by atoms with Crippen molar-refractivity contribution in [2.24, 2.45) is 0 Å². The number of furan rings is 1. The highest BCUT2D eigenvalue weighted by molar-refractivity contribution is 9.10. The van der Waals surface area contributed by atoms with E-state index < -0.39 is 10.0 Å². The van der Waals surface area contributed by atoms with E-state index in [1.165, 1.54) is 10.4 Å². The summed E-state index contributed by atoms with van der Waals surface area (Å²) in [5.41, 5.74) is 0. The predicted octanol–water partition coefficient (Wildman–Crippen LogP) is 2.50. The van der Waals surface area contributed by atoms with Gasteiger partial charge >= 0.3 is 0 Å². The Hall–Kier alpha value is -0.0800. The minimum absolute atomic E-state index is 0.150. The molecule has 2 rings (SSSR count). The molecule has 0 aliphatic carbocycles. The molecule has 0 unspecified atom stereocenters. The summed E-state index contributed by atoms with van der Waals surface area (Å²) >= 11 is 8.83. The lowest BCUT2D eigenvalue weighted by atomic mass is 10.1. The van der Waals surface area contributed by atoms with Gasteiger partial charge in [0.1, 0.15) is 10.7 Å². The number of sulfonamides is 1. The number of rotatable bonds is 4. The Morgan fingerprint density at radius 2 is 2.05 bits per heavy atom. The average molecular weight is 386 g/mol. The molecular weight excluding hydrogens is 368 g/mol. The fourth-order valence-corrected chi connectivity index (χ4v) is 4.94. The van der Waals surface area contributed by atoms with Crippen molar-refractivity contribution in [1.82, 2.24) is 9.21 Å². The number of piperidine rings is 1. The van der Waals surface area contributed by atoms with E-state index >= 15 is 0 Å². The van der Waals surface area contributed by atoms with E-state index in [9.17, 15) is 8.42 Å². The van der Waals surface area contributed by atoms with Gasteiger partial charge in [0.15, 0.2) is 4.67 Å². The second-order valence-electron chi connectivity index (χ2n) is 5.08. The van der Waals surface area contributed by atoms with Gasteiger partial charge in [-0.05, 0) is 42.9 Å². The predicted molar refractivity (Wildman–Crippen MR) is 81.4 cm³/mol. The SMILES string of the molecule is CN(C)C1CCN(S(=O)(=O)c2cc(CCl)oc2Br)CC1. The maximum Gasteiger partial charge on any atom is 0.247 e. The maximum atomic E-state index is 12.6. The quantitative estimate of drug-likeness (QED) is 0.747. The van der Waals surface area contributed by atoms with Crippen molar-refractivity contribution in [2.75, 3.05) is 27.2 Å². The molecule has 0 atom stereocenters. The highest BCUT2D eigenvalue weighted by Crippen LogP contribution is 2.31. The molecule has 1 fully saturated rings. The molecule has 114 valence electrons. The third-order valence-corrected chi connectivity index (χ3v) is 6.63. The number of nitrogens with zero attached hydrogens (tertiary/aromatic N) is 2. The van der Waals surface area contributed by atoms with Crippen LogP contribution >= 0.6 is 27.5 Å². The Kier molecular flexibility index (Phi) is 5.18. The second-order valence-corrected chi connectivity index (χ2v) is 7.98. The van der Waals surface area contributed by atoms with Crippen molar-refractivity contribution in [3.05, 3.63) is 16.5 Å². The third kappa shape index (κ3) is 3.22. The molecule has 1 aliphatic heterocycles. The summed E-state index contributed by atoms with van der Waals surface area (Å²) in [6, 6.07) is 1.93. The van der Waals surface area contributed by atoms with Crippen LogP contribution in [0.5, 0.6) is 0 Å². The molecule has 1 aliphatic rings. The number of halogens is 2. The van der Waals surface area contributed by atoms with Crippen LogP contribution in [0.4, 0.5) is 0 Å². The van der Waals surface area contributed by atoms with Crippen LogP contribution in [0.15, 0.2) is 20.0 Å². The van der Waals surface area contributed by atoms with Crippen molar-refractivity contribution in [3.63, 3.8) is 0 Å². The van der Waals surface area contributed by atoms with Gasteiger partial charge < -0.3 is 9.32 Å². The number of hydrogen-bond acceptors (Lipinski definition) is 4. The molecule has 0 amide bonds. The molecular formula is C12H18BrClN2O3S. The van der Waals surface area contributed by atoms with Crippen LogP contribution in [0.3, 0.4) is 0 Å². The Labute approximate surface area is 133 Å². The fraction of sp³-hybridized carbons (Fsp3) is 0.667. The maximum absolute atomic E-state index is 12.6. The first-order valence-corrected chi connectivity index (χ1v) is 9.13. The van der Waals surface area contributed by atoms with Gasteiger partial charge in [0.05, 0.1) is 5.88 Å². The van der Waals surface area contributed by atoms with Crippen LogP contribution in [-0.2, 0) is 15.9 Å². The van der Waals surface area contributed by atoms with E-state index in [4.69, 9.17) is 16.0 Å². The van der Waals surface area contributed by atoms with E-state index in [1.807, 2.05) is 14.1 Å². The highest BCUT2D eigenvalue weighted by Gasteiger charge is 2.33. The van der Waals surface area contributed by atoms with Crippen molar-refractivity contribution >= 4 is 37.6 Å². The molecule has 0 bridgehead atoms. The molecule has 0 N–H and O–H groups in total. The van der Waals surface area contributed by atoms with Gasteiger partial charge in [-0.2, -0.15) is 4.31 Å². The monoisotopic (exact) mass is 384 g/mol. The largest absolute Gasteiger partial charge is 0.452 e. The molecule has 20 heavy (non-hydrogen) atoms. The standard InChI is InChI=1S/C12H18BrClN2O3S/c1-15(2)9-3-5-16(6-4-9)20(17,18)11-7-10(8-14)19-12(11)13/h7,9H,3-6,8H2,1-2H3. The molecule has 0 spiro atoms. The Morgan fingerprint density at radius 3 is 2.50 bits per heavy atom. The molecule has 1 saturated heterocycles. The Morgan fingerprint density at radius 1 is 1.45 bits per heavy atom. The summed E-state index contributed by atoms with van der Waals surface area (Å²) in [6.45, 7) is 1.05. The Balaban J connectivity index is 2.17. The van der Waals surface area contributed by atoms with Crippen LogP contribution in [0.25, 0.3) is 0 Å². The summed E-state index contributed by atoms with van der Waals surface area (Å²) in [6.07, 6.45) is 1.67. The molecule has 5 nitrogen and oxygen atoms in total. The lowest BCUT2D eigenvalue weighted by Gasteiger charge is -2.34. The number of hydrogen-bond donors (Lipinski definition) is 0. The molecule has 0 radical (unpaired) electrons. The van der Waals surface area contributed by atoms with Crippen molar-refractivity contribution in [1.29, 1.82) is 0 Å². The van der Waals surface area contributed by atoms with Gasteiger partial charge in [-0.1, -0.05) is 0 Å². The first kappa shape index (κ1) is 16.3. The summed E-state index contributed by atoms with van der Waals surface area (Å²) in [4.78, 5) is 2.31. The topological polar surface area (TPSA) is 53.8 Å². The lowest BCUT2D eigenvalue weighted by molar-refractivity contribution is 0.196. The first-order chi connectivity index (χ1) is 9.36. The van der Waals surface area contributed by atoms with Crippen LogP contribution < -0.4 is 0 Å². The molecule has 0 aromatic carbocycles. The average Bonchev–Trinajstić information content (AvgIpc) is 2.81. The van der Waals surface area contributed by atoms with Crippen LogP contribution in [-0.4, -0.2) is 50.8 Å². The van der Waals surface area contributed by atoms with E-state index in [0.717, 1.165) is 12.8 Å². The van der Waals surface area contributed by atoms with Crippen molar-refractivity contribution < 1.29 is 12.8 Å². The van der Waals surface area contributed by atoms with E-state index in [1.54, 1.807) is 0 Å². The van der Waals surface area contributed by atoms with E-state index in [2.05, 4.69) is 20.8 Å². The molecule has 0 saturated carbocycles. The molecule has 2 heterocycles. The number of alkyl halides is 1. The molecule has 8 heteroatoms. The lowest BCUT2D eigenvalue weighted by Crippen LogP contribution is -2.44. The summed E-state index contributed by atoms with van der Waals surface area (Å²) in [7, 11) is 0.529. The first-order valence-electron chi connectivity index (χ1n) is 6.37. The van der Waals surface area contributed by atoms with Gasteiger partial charge in [-0.15, -0.1) is 11.6 Å². The normalized spacial score (nSPS) is 18.9. The minimum Gasteiger partial charge on any atom is -0.452 e. The highest BCUT2D eigenvalue weighted by atomic mass is 79.9. The zero-order valence-electron chi connectivity index (χ0n) is 11.5. The van der Waals surface area contributed by atoms with Crippen LogP contribution in [0.1, 0.15) is 18.6 Å². The Bertz CT molecular complexity index is 565. The fourth-order valence-electron chi connectivity index (χ4n) is 2.38. The zero-order valence-corrected chi connectivity index (χ0v) is 14.6. The van der Waals surface area contributed by atoms with Gasteiger partial charge in [0, 0.05) is 25.2 Å². The third-order valence-electron chi connectivity index (χ3n) is 3.61.